The van der Waals surface area contributed by atoms with Crippen LogP contribution in [-0.4, -0.2) is 36.8 Å². The number of aromatic nitrogens is 5. The summed E-state index contributed by atoms with van der Waals surface area (Å²) >= 11 is 1.43. The van der Waals surface area contributed by atoms with Crippen molar-refractivity contribution in [3.05, 3.63) is 59.0 Å². The van der Waals surface area contributed by atoms with Crippen LogP contribution in [0.25, 0.3) is 17.2 Å². The Kier molecular flexibility index (Phi) is 5.49. The van der Waals surface area contributed by atoms with Crippen molar-refractivity contribution in [3.8, 4) is 11.5 Å². The van der Waals surface area contributed by atoms with Crippen molar-refractivity contribution in [2.24, 2.45) is 0 Å². The molecule has 0 aliphatic heterocycles. The van der Waals surface area contributed by atoms with Crippen LogP contribution in [0.1, 0.15) is 22.6 Å². The van der Waals surface area contributed by atoms with Crippen LogP contribution in [0, 0.1) is 19.7 Å². The average molecular weight is 427 g/mol. The van der Waals surface area contributed by atoms with Gasteiger partial charge in [0.15, 0.2) is 0 Å². The molecule has 0 fully saturated rings. The maximum atomic E-state index is 13.0. The highest BCUT2D eigenvalue weighted by Crippen LogP contribution is 2.20. The van der Waals surface area contributed by atoms with Crippen LogP contribution < -0.4 is 0 Å². The number of aryl methyl sites for hydroxylation is 2. The van der Waals surface area contributed by atoms with E-state index in [2.05, 4.69) is 20.1 Å². The fourth-order valence-electron chi connectivity index (χ4n) is 2.98. The molecule has 0 saturated heterocycles. The number of hydrogen-bond acceptors (Lipinski definition) is 8. The number of fused-ring (bicyclic) bond motifs is 1. The lowest BCUT2D eigenvalue weighted by Crippen LogP contribution is -2.13. The second-order valence-electron chi connectivity index (χ2n) is 6.56. The molecule has 3 heterocycles. The van der Waals surface area contributed by atoms with E-state index < -0.39 is 5.97 Å². The minimum atomic E-state index is -0.418. The van der Waals surface area contributed by atoms with E-state index in [0.29, 0.717) is 33.8 Å². The highest BCUT2D eigenvalue weighted by atomic mass is 32.2. The lowest BCUT2D eigenvalue weighted by molar-refractivity contribution is -0.144. The number of carbonyl (C=O) groups excluding carboxylic acids is 1. The normalized spacial score (nSPS) is 11.2. The topological polar surface area (TPSA) is 95.4 Å². The van der Waals surface area contributed by atoms with Gasteiger partial charge in [0.05, 0.1) is 6.42 Å². The van der Waals surface area contributed by atoms with Crippen LogP contribution in [0.3, 0.4) is 0 Å². The molecule has 0 saturated carbocycles. The summed E-state index contributed by atoms with van der Waals surface area (Å²) in [5.74, 6) is 0.0766. The van der Waals surface area contributed by atoms with Gasteiger partial charge in [-0.15, -0.1) is 5.10 Å². The minimum Gasteiger partial charge on any atom is -0.459 e. The monoisotopic (exact) mass is 427 g/mol. The number of benzene rings is 1. The van der Waals surface area contributed by atoms with Gasteiger partial charge in [-0.1, -0.05) is 11.8 Å². The molecule has 0 radical (unpaired) electrons. The standard InChI is InChI=1S/C20H18FN5O3S/c1-11-16(12(2)26-19(22-11)24-20(25-26)30-3)8-17(27)28-9-15-10-29-18(23-15)13-4-6-14(21)7-5-13/h4-7,10H,8-9H2,1-3H3. The molecule has 0 spiro atoms. The van der Waals surface area contributed by atoms with Gasteiger partial charge in [-0.3, -0.25) is 4.79 Å². The first-order chi connectivity index (χ1) is 14.4. The lowest BCUT2D eigenvalue weighted by Gasteiger charge is -2.09. The Hall–Kier alpha value is -3.27. The van der Waals surface area contributed by atoms with E-state index in [1.807, 2.05) is 20.1 Å². The summed E-state index contributed by atoms with van der Waals surface area (Å²) < 4.78 is 25.4. The first-order valence-electron chi connectivity index (χ1n) is 9.07. The molecule has 0 atom stereocenters. The second-order valence-corrected chi connectivity index (χ2v) is 7.33. The Morgan fingerprint density at radius 1 is 1.20 bits per heavy atom. The Balaban J connectivity index is 1.43. The van der Waals surface area contributed by atoms with Gasteiger partial charge >= 0.3 is 5.97 Å². The van der Waals surface area contributed by atoms with Crippen LogP contribution in [-0.2, 0) is 22.6 Å². The number of halogens is 1. The summed E-state index contributed by atoms with van der Waals surface area (Å²) in [7, 11) is 0. The fourth-order valence-corrected chi connectivity index (χ4v) is 3.32. The molecule has 30 heavy (non-hydrogen) atoms. The maximum absolute atomic E-state index is 13.0. The number of nitrogens with zero attached hydrogens (tertiary/aromatic N) is 5. The van der Waals surface area contributed by atoms with Crippen LogP contribution >= 0.6 is 11.8 Å². The van der Waals surface area contributed by atoms with E-state index in [-0.39, 0.29) is 18.8 Å². The number of rotatable bonds is 6. The van der Waals surface area contributed by atoms with Crippen molar-refractivity contribution in [2.45, 2.75) is 32.0 Å². The van der Waals surface area contributed by atoms with Crippen molar-refractivity contribution in [3.63, 3.8) is 0 Å². The average Bonchev–Trinajstić information content (AvgIpc) is 3.37. The van der Waals surface area contributed by atoms with Gasteiger partial charge in [0.25, 0.3) is 5.78 Å². The second kappa shape index (κ2) is 8.23. The number of esters is 1. The molecular weight excluding hydrogens is 409 g/mol. The van der Waals surface area contributed by atoms with Crippen LogP contribution in [0.4, 0.5) is 4.39 Å². The zero-order valence-electron chi connectivity index (χ0n) is 16.5. The van der Waals surface area contributed by atoms with Crippen LogP contribution in [0.2, 0.25) is 0 Å². The summed E-state index contributed by atoms with van der Waals surface area (Å²) in [4.78, 5) is 25.4. The van der Waals surface area contributed by atoms with Crippen LogP contribution in [0.15, 0.2) is 40.1 Å². The number of oxazole rings is 1. The van der Waals surface area contributed by atoms with Gasteiger partial charge < -0.3 is 9.15 Å². The summed E-state index contributed by atoms with van der Waals surface area (Å²) in [6.45, 7) is 3.67. The number of hydrogen-bond donors (Lipinski definition) is 0. The van der Waals surface area contributed by atoms with Crippen molar-refractivity contribution < 1.29 is 18.3 Å². The molecule has 8 nitrogen and oxygen atoms in total. The van der Waals surface area contributed by atoms with E-state index in [0.717, 1.165) is 11.3 Å². The number of thioether (sulfide) groups is 1. The third-order valence-electron chi connectivity index (χ3n) is 4.56. The maximum Gasteiger partial charge on any atom is 0.310 e. The van der Waals surface area contributed by atoms with Crippen molar-refractivity contribution in [1.29, 1.82) is 0 Å². The predicted molar refractivity (Wildman–Crippen MR) is 107 cm³/mol. The van der Waals surface area contributed by atoms with E-state index in [1.54, 1.807) is 16.6 Å². The van der Waals surface area contributed by atoms with Gasteiger partial charge in [0, 0.05) is 22.5 Å². The Morgan fingerprint density at radius 2 is 1.97 bits per heavy atom. The molecule has 0 unspecified atom stereocenters. The molecule has 4 rings (SSSR count). The zero-order valence-corrected chi connectivity index (χ0v) is 17.4. The molecule has 3 aromatic heterocycles. The first-order valence-corrected chi connectivity index (χ1v) is 10.3. The molecule has 1 aromatic carbocycles. The van der Waals surface area contributed by atoms with Crippen molar-refractivity contribution in [2.75, 3.05) is 6.26 Å². The van der Waals surface area contributed by atoms with E-state index in [1.165, 1.54) is 30.2 Å². The van der Waals surface area contributed by atoms with Gasteiger partial charge in [0.1, 0.15) is 24.4 Å². The molecule has 0 N–H and O–H groups in total. The van der Waals surface area contributed by atoms with E-state index in [9.17, 15) is 9.18 Å². The van der Waals surface area contributed by atoms with E-state index >= 15 is 0 Å². The third kappa shape index (κ3) is 4.04. The largest absolute Gasteiger partial charge is 0.459 e. The highest BCUT2D eigenvalue weighted by Gasteiger charge is 2.17. The Labute approximate surface area is 175 Å². The minimum absolute atomic E-state index is 0.0305. The zero-order chi connectivity index (χ0) is 21.3. The molecule has 0 amide bonds. The molecule has 154 valence electrons. The molecule has 0 aliphatic carbocycles. The van der Waals surface area contributed by atoms with Gasteiger partial charge in [-0.05, 0) is 44.4 Å². The molecule has 0 aliphatic rings. The van der Waals surface area contributed by atoms with Crippen molar-refractivity contribution in [1.82, 2.24) is 24.6 Å². The SMILES string of the molecule is CSc1nc2nc(C)c(CC(=O)OCc3coc(-c4ccc(F)cc4)n3)c(C)n2n1. The summed E-state index contributed by atoms with van der Waals surface area (Å²) in [5.41, 5.74) is 3.35. The number of ether oxygens (including phenoxy) is 1. The molecule has 0 bridgehead atoms. The Morgan fingerprint density at radius 3 is 2.70 bits per heavy atom. The first kappa shape index (κ1) is 20.0. The summed E-state index contributed by atoms with van der Waals surface area (Å²) in [5, 5.41) is 5.00. The smallest absolute Gasteiger partial charge is 0.310 e. The highest BCUT2D eigenvalue weighted by molar-refractivity contribution is 7.98. The van der Waals surface area contributed by atoms with Gasteiger partial charge in [-0.2, -0.15) is 4.98 Å². The van der Waals surface area contributed by atoms with Crippen LogP contribution in [0.5, 0.6) is 0 Å². The van der Waals surface area contributed by atoms with E-state index in [4.69, 9.17) is 9.15 Å². The fraction of sp³-hybridized carbons (Fsp3) is 0.250. The summed E-state index contributed by atoms with van der Waals surface area (Å²) in [6, 6.07) is 5.79. The van der Waals surface area contributed by atoms with Crippen molar-refractivity contribution >= 4 is 23.5 Å². The van der Waals surface area contributed by atoms with Gasteiger partial charge in [0.2, 0.25) is 11.0 Å². The lowest BCUT2D eigenvalue weighted by atomic mass is 10.1. The predicted octanol–water partition coefficient (Wildman–Crippen LogP) is 3.54. The molecule has 4 aromatic rings. The molecule has 10 heteroatoms. The summed E-state index contributed by atoms with van der Waals surface area (Å²) in [6.07, 6.45) is 3.35. The quantitative estimate of drug-likeness (QED) is 0.341. The number of carbonyl (C=O) groups is 1. The Bertz CT molecular complexity index is 1220. The third-order valence-corrected chi connectivity index (χ3v) is 5.10. The van der Waals surface area contributed by atoms with Gasteiger partial charge in [-0.25, -0.2) is 18.9 Å². The molecular formula is C20H18FN5O3S.